The average Bonchev–Trinajstić information content (AvgIpc) is 3.47. The molecule has 1 unspecified atom stereocenters. The van der Waals surface area contributed by atoms with Crippen LogP contribution < -0.4 is 15.5 Å². The molecule has 3 heterocycles. The minimum absolute atomic E-state index is 0.0657. The fourth-order valence-corrected chi connectivity index (χ4v) is 6.86. The average molecular weight is 559 g/mol. The van der Waals surface area contributed by atoms with Crippen molar-refractivity contribution in [2.24, 2.45) is 10.8 Å². The molecule has 3 saturated carbocycles. The molecule has 3 aromatic rings. The monoisotopic (exact) mass is 558 g/mol. The Morgan fingerprint density at radius 2 is 1.78 bits per heavy atom. The highest BCUT2D eigenvalue weighted by atomic mass is 16.4. The number of aryl methyl sites for hydroxylation is 1. The summed E-state index contributed by atoms with van der Waals surface area (Å²) in [6.45, 7) is 2.22. The second kappa shape index (κ2) is 9.97. The first-order valence-corrected chi connectivity index (χ1v) is 14.2. The molecule has 0 saturated heterocycles. The molecule has 4 aliphatic rings. The molecular formula is C30H34N6O5. The maximum absolute atomic E-state index is 13.6. The number of carbonyl (C=O) groups is 4. The number of aromatic nitrogens is 3. The number of rotatable bonds is 7. The van der Waals surface area contributed by atoms with E-state index in [0.29, 0.717) is 32.1 Å². The van der Waals surface area contributed by atoms with Crippen molar-refractivity contribution in [1.29, 1.82) is 0 Å². The van der Waals surface area contributed by atoms with Gasteiger partial charge in [-0.25, -0.2) is 9.97 Å². The van der Waals surface area contributed by atoms with E-state index in [2.05, 4.69) is 20.6 Å². The maximum atomic E-state index is 13.6. The van der Waals surface area contributed by atoms with Crippen LogP contribution in [0.4, 0.5) is 5.69 Å². The molecule has 3 amide bonds. The zero-order valence-corrected chi connectivity index (χ0v) is 23.3. The van der Waals surface area contributed by atoms with E-state index in [1.165, 1.54) is 12.3 Å². The normalized spacial score (nSPS) is 24.1. The Labute approximate surface area is 237 Å². The Hall–Kier alpha value is -4.28. The molecule has 3 N–H and O–H groups in total. The first-order valence-electron chi connectivity index (χ1n) is 14.2. The number of hydrogen-bond acceptors (Lipinski definition) is 6. The lowest BCUT2D eigenvalue weighted by Crippen LogP contribution is -2.54. The van der Waals surface area contributed by atoms with E-state index in [1.807, 2.05) is 25.1 Å². The number of carboxylic acid groups (broad SMARTS) is 1. The molecule has 11 heteroatoms. The SMILES string of the molecule is CC(NC(=O)c1cc(C(=O)NCc2ccc3c(c2)N(C)C(=O)CC3)nc2nccn12)C12CCC(C(=O)O)(CC1)CC2. The van der Waals surface area contributed by atoms with Crippen molar-refractivity contribution in [3.63, 3.8) is 0 Å². The van der Waals surface area contributed by atoms with Crippen molar-refractivity contribution in [3.05, 3.63) is 59.2 Å². The number of anilines is 1. The van der Waals surface area contributed by atoms with E-state index in [-0.39, 0.29) is 47.0 Å². The summed E-state index contributed by atoms with van der Waals surface area (Å²) in [4.78, 5) is 60.9. The van der Waals surface area contributed by atoms with Crippen molar-refractivity contribution >= 4 is 35.2 Å². The van der Waals surface area contributed by atoms with Gasteiger partial charge in [-0.1, -0.05) is 12.1 Å². The summed E-state index contributed by atoms with van der Waals surface area (Å²) >= 11 is 0. The molecule has 7 rings (SSSR count). The largest absolute Gasteiger partial charge is 0.481 e. The molecule has 0 spiro atoms. The summed E-state index contributed by atoms with van der Waals surface area (Å²) in [5, 5.41) is 15.7. The molecular weight excluding hydrogens is 524 g/mol. The van der Waals surface area contributed by atoms with Gasteiger partial charge in [0.05, 0.1) is 5.41 Å². The Morgan fingerprint density at radius 1 is 1.05 bits per heavy atom. The molecule has 0 radical (unpaired) electrons. The van der Waals surface area contributed by atoms with Gasteiger partial charge in [-0.15, -0.1) is 0 Å². The molecule has 3 fully saturated rings. The lowest BCUT2D eigenvalue weighted by Gasteiger charge is -2.54. The van der Waals surface area contributed by atoms with Crippen LogP contribution in [-0.2, 0) is 22.6 Å². The highest BCUT2D eigenvalue weighted by molar-refractivity contribution is 5.98. The van der Waals surface area contributed by atoms with Crippen molar-refractivity contribution in [2.45, 2.75) is 70.9 Å². The number of amides is 3. The molecule has 1 atom stereocenters. The molecule has 214 valence electrons. The molecule has 11 nitrogen and oxygen atoms in total. The van der Waals surface area contributed by atoms with E-state index >= 15 is 0 Å². The standard InChI is InChI=1S/C30H34N6O5/c1-18(29-7-10-30(11-8-29,12-9-29)27(40)41)33-26(39)23-16-21(34-28-31-13-14-36(23)28)25(38)32-17-19-3-4-20-5-6-24(37)35(2)22(20)15-19/h3-4,13-16,18H,5-12,17H2,1-2H3,(H,32,38)(H,33,39)(H,40,41). The third-order valence-electron chi connectivity index (χ3n) is 9.81. The molecule has 2 bridgehead atoms. The molecule has 1 aliphatic heterocycles. The number of imidazole rings is 1. The van der Waals surface area contributed by atoms with Gasteiger partial charge in [-0.05, 0) is 80.5 Å². The Balaban J connectivity index is 1.17. The predicted octanol–water partition coefficient (Wildman–Crippen LogP) is 3.11. The first kappa shape index (κ1) is 26.9. The van der Waals surface area contributed by atoms with E-state index in [9.17, 15) is 24.3 Å². The fraction of sp³-hybridized carbons (Fsp3) is 0.467. The zero-order valence-electron chi connectivity index (χ0n) is 23.3. The maximum Gasteiger partial charge on any atom is 0.309 e. The lowest BCUT2D eigenvalue weighted by molar-refractivity contribution is -0.159. The molecule has 1 aromatic carbocycles. The van der Waals surface area contributed by atoms with Crippen molar-refractivity contribution in [1.82, 2.24) is 25.0 Å². The summed E-state index contributed by atoms with van der Waals surface area (Å²) in [5.41, 5.74) is 2.37. The zero-order chi connectivity index (χ0) is 28.9. The van der Waals surface area contributed by atoms with Gasteiger partial charge in [0.25, 0.3) is 11.8 Å². The van der Waals surface area contributed by atoms with Crippen LogP contribution in [0, 0.1) is 10.8 Å². The first-order chi connectivity index (χ1) is 19.6. The number of hydrogen-bond donors (Lipinski definition) is 3. The number of aliphatic carboxylic acids is 1. The number of fused-ring (bicyclic) bond motifs is 5. The van der Waals surface area contributed by atoms with Crippen LogP contribution in [-0.4, -0.2) is 56.3 Å². The highest BCUT2D eigenvalue weighted by Gasteiger charge is 2.54. The summed E-state index contributed by atoms with van der Waals surface area (Å²) in [6, 6.07) is 7.14. The van der Waals surface area contributed by atoms with Gasteiger partial charge < -0.3 is 20.6 Å². The van der Waals surface area contributed by atoms with Gasteiger partial charge in [0.15, 0.2) is 0 Å². The van der Waals surface area contributed by atoms with Crippen LogP contribution in [0.2, 0.25) is 0 Å². The summed E-state index contributed by atoms with van der Waals surface area (Å²) < 4.78 is 1.56. The van der Waals surface area contributed by atoms with Gasteiger partial charge in [0.1, 0.15) is 11.4 Å². The van der Waals surface area contributed by atoms with Gasteiger partial charge in [0, 0.05) is 44.1 Å². The van der Waals surface area contributed by atoms with Crippen LogP contribution in [0.25, 0.3) is 5.78 Å². The second-order valence-corrected chi connectivity index (χ2v) is 11.9. The van der Waals surface area contributed by atoms with Crippen LogP contribution in [0.1, 0.15) is 84.0 Å². The number of carbonyl (C=O) groups excluding carboxylic acids is 3. The third kappa shape index (κ3) is 4.62. The minimum atomic E-state index is -0.707. The van der Waals surface area contributed by atoms with E-state index < -0.39 is 17.3 Å². The van der Waals surface area contributed by atoms with Crippen molar-refractivity contribution in [2.75, 3.05) is 11.9 Å². The van der Waals surface area contributed by atoms with Crippen LogP contribution in [0.15, 0.2) is 36.7 Å². The summed E-state index contributed by atoms with van der Waals surface area (Å²) in [7, 11) is 1.76. The number of nitrogens with zero attached hydrogens (tertiary/aromatic N) is 4. The topological polar surface area (TPSA) is 146 Å². The van der Waals surface area contributed by atoms with Gasteiger partial charge in [0.2, 0.25) is 11.7 Å². The molecule has 3 aliphatic carbocycles. The Kier molecular flexibility index (Phi) is 6.55. The Morgan fingerprint density at radius 3 is 2.49 bits per heavy atom. The summed E-state index contributed by atoms with van der Waals surface area (Å²) in [6.07, 6.45) is 8.53. The fourth-order valence-electron chi connectivity index (χ4n) is 6.86. The quantitative estimate of drug-likeness (QED) is 0.404. The van der Waals surface area contributed by atoms with E-state index in [4.69, 9.17) is 0 Å². The van der Waals surface area contributed by atoms with Gasteiger partial charge in [-0.3, -0.25) is 23.6 Å². The summed E-state index contributed by atoms with van der Waals surface area (Å²) in [5.74, 6) is -1.18. The van der Waals surface area contributed by atoms with Crippen molar-refractivity contribution < 1.29 is 24.3 Å². The number of carboxylic acids is 1. The van der Waals surface area contributed by atoms with Crippen LogP contribution in [0.5, 0.6) is 0 Å². The highest BCUT2D eigenvalue weighted by Crippen LogP contribution is 2.58. The third-order valence-corrected chi connectivity index (χ3v) is 9.81. The predicted molar refractivity (Wildman–Crippen MR) is 149 cm³/mol. The number of benzene rings is 1. The Bertz CT molecular complexity index is 1550. The van der Waals surface area contributed by atoms with Gasteiger partial charge >= 0.3 is 5.97 Å². The van der Waals surface area contributed by atoms with Crippen LogP contribution in [0.3, 0.4) is 0 Å². The van der Waals surface area contributed by atoms with Gasteiger partial charge in [-0.2, -0.15) is 0 Å². The van der Waals surface area contributed by atoms with E-state index in [0.717, 1.165) is 36.1 Å². The minimum Gasteiger partial charge on any atom is -0.481 e. The van der Waals surface area contributed by atoms with E-state index in [1.54, 1.807) is 22.5 Å². The second-order valence-electron chi connectivity index (χ2n) is 11.9. The molecule has 2 aromatic heterocycles. The number of nitrogens with one attached hydrogen (secondary N) is 2. The lowest BCUT2D eigenvalue weighted by atomic mass is 9.52. The van der Waals surface area contributed by atoms with Crippen LogP contribution >= 0.6 is 0 Å². The smallest absolute Gasteiger partial charge is 0.309 e. The molecule has 41 heavy (non-hydrogen) atoms. The van der Waals surface area contributed by atoms with Crippen molar-refractivity contribution in [3.8, 4) is 0 Å².